The van der Waals surface area contributed by atoms with E-state index in [4.69, 9.17) is 10.3 Å². The van der Waals surface area contributed by atoms with Crippen LogP contribution in [0.4, 0.5) is 11.4 Å². The predicted molar refractivity (Wildman–Crippen MR) is 106 cm³/mol. The Morgan fingerprint density at radius 1 is 0.935 bits per heavy atom. The average molecular weight is 486 g/mol. The summed E-state index contributed by atoms with van der Waals surface area (Å²) < 4.78 is 64.3. The second-order valence-corrected chi connectivity index (χ2v) is 8.82. The van der Waals surface area contributed by atoms with Gasteiger partial charge in [0.25, 0.3) is 26.1 Å². The number of carbonyl (C=O) groups is 1. The molecule has 3 aromatic carbocycles. The molecule has 0 saturated heterocycles. The van der Waals surface area contributed by atoms with Gasteiger partial charge in [0.15, 0.2) is 0 Å². The molecule has 0 aliphatic heterocycles. The quantitative estimate of drug-likeness (QED) is 0.140. The molecular weight excluding hydrogens is 470 g/mol. The second kappa shape index (κ2) is 10.2. The van der Waals surface area contributed by atoms with Crippen LogP contribution in [0, 0.1) is 0 Å². The number of amides is 1. The molecule has 0 heterocycles. The van der Waals surface area contributed by atoms with Gasteiger partial charge < -0.3 is 19.0 Å². The van der Waals surface area contributed by atoms with Gasteiger partial charge in [0, 0.05) is 17.1 Å². The van der Waals surface area contributed by atoms with Crippen molar-refractivity contribution in [2.24, 2.45) is 0 Å². The number of nitrogens with two attached hydrogens (primary N) is 1. The van der Waals surface area contributed by atoms with E-state index in [-0.39, 0.29) is 84.1 Å². The van der Waals surface area contributed by atoms with Crippen LogP contribution in [-0.2, 0) is 20.2 Å². The normalized spacial score (nSPS) is 11.3. The molecule has 156 valence electrons. The van der Waals surface area contributed by atoms with Gasteiger partial charge in [0.2, 0.25) is 0 Å². The van der Waals surface area contributed by atoms with E-state index in [0.29, 0.717) is 0 Å². The van der Waals surface area contributed by atoms with Gasteiger partial charge in [-0.05, 0) is 35.7 Å². The zero-order valence-corrected chi connectivity index (χ0v) is 22.0. The number of carbonyl (C=O) groups excluding carboxylic acids is 1. The Labute approximate surface area is 224 Å². The standard InChI is InChI=1S/C17H14N2O8S2.2Na.2H/c18-10-4-5-12(15(7-10)29(25,26)27)17(21)19-13-3-1-2-9-6-11(28(22,23)24)8-14(20)16(9)13;;;;/h1-8,20H,18H2,(H,19,21)(H,22,23,24)(H,25,26,27);;;;/q;2*+1;2*-1. The molecule has 10 nitrogen and oxygen atoms in total. The van der Waals surface area contributed by atoms with Crippen molar-refractivity contribution in [1.29, 1.82) is 0 Å². The summed E-state index contributed by atoms with van der Waals surface area (Å²) in [6, 6.07) is 9.45. The molecule has 0 unspecified atom stereocenters. The summed E-state index contributed by atoms with van der Waals surface area (Å²) in [5.74, 6) is -1.47. The monoisotopic (exact) mass is 486 g/mol. The fourth-order valence-corrected chi connectivity index (χ4v) is 4.02. The minimum Gasteiger partial charge on any atom is -1.00 e. The SMILES string of the molecule is Nc1ccc(C(=O)Nc2cccc3cc(S(=O)(=O)O)cc(O)c23)c(S(=O)(=O)O)c1.[H-].[H-].[Na+].[Na+]. The molecular formula is C17H16N2Na2O8S2. The number of hydrogen-bond donors (Lipinski definition) is 5. The zero-order chi connectivity index (χ0) is 21.6. The van der Waals surface area contributed by atoms with E-state index in [1.165, 1.54) is 24.3 Å². The summed E-state index contributed by atoms with van der Waals surface area (Å²) in [5.41, 5.74) is 5.16. The van der Waals surface area contributed by atoms with E-state index in [0.717, 1.165) is 24.3 Å². The van der Waals surface area contributed by atoms with Crippen LogP contribution in [0.2, 0.25) is 0 Å². The van der Waals surface area contributed by atoms with Crippen LogP contribution < -0.4 is 70.2 Å². The number of phenols is 1. The average Bonchev–Trinajstić information content (AvgIpc) is 2.59. The summed E-state index contributed by atoms with van der Waals surface area (Å²) in [7, 11) is -9.33. The fourth-order valence-electron chi connectivity index (χ4n) is 2.76. The van der Waals surface area contributed by atoms with E-state index in [1.54, 1.807) is 0 Å². The maximum atomic E-state index is 12.6. The van der Waals surface area contributed by atoms with Crippen molar-refractivity contribution in [3.05, 3.63) is 54.1 Å². The molecule has 0 spiro atoms. The molecule has 6 N–H and O–H groups in total. The van der Waals surface area contributed by atoms with Crippen molar-refractivity contribution in [1.82, 2.24) is 0 Å². The number of rotatable bonds is 4. The summed E-state index contributed by atoms with van der Waals surface area (Å²) in [6.07, 6.45) is 0. The molecule has 0 aliphatic rings. The Morgan fingerprint density at radius 3 is 2.16 bits per heavy atom. The van der Waals surface area contributed by atoms with Crippen molar-refractivity contribution in [2.45, 2.75) is 9.79 Å². The summed E-state index contributed by atoms with van der Waals surface area (Å²) in [4.78, 5) is 11.4. The smallest absolute Gasteiger partial charge is 1.00 e. The van der Waals surface area contributed by atoms with Crippen LogP contribution in [0.1, 0.15) is 13.2 Å². The molecule has 0 radical (unpaired) electrons. The summed E-state index contributed by atoms with van der Waals surface area (Å²) in [6.45, 7) is 0. The second-order valence-electron chi connectivity index (χ2n) is 6.01. The maximum absolute atomic E-state index is 12.6. The Morgan fingerprint density at radius 2 is 1.58 bits per heavy atom. The number of hydrogen-bond acceptors (Lipinski definition) is 7. The summed E-state index contributed by atoms with van der Waals surface area (Å²) >= 11 is 0. The van der Waals surface area contributed by atoms with Gasteiger partial charge >= 0.3 is 59.1 Å². The van der Waals surface area contributed by atoms with Crippen molar-refractivity contribution in [3.63, 3.8) is 0 Å². The molecule has 0 aromatic heterocycles. The molecule has 1 amide bonds. The Hall–Kier alpha value is -1.19. The first-order valence-corrected chi connectivity index (χ1v) is 10.7. The molecule has 0 bridgehead atoms. The minimum absolute atomic E-state index is 0. The van der Waals surface area contributed by atoms with Crippen molar-refractivity contribution in [3.8, 4) is 5.75 Å². The van der Waals surface area contributed by atoms with Crippen molar-refractivity contribution >= 4 is 48.3 Å². The molecule has 0 fully saturated rings. The Kier molecular flexibility index (Phi) is 9.13. The minimum atomic E-state index is -4.75. The van der Waals surface area contributed by atoms with Gasteiger partial charge in [0.1, 0.15) is 10.6 Å². The number of nitrogens with one attached hydrogen (secondary N) is 1. The van der Waals surface area contributed by atoms with Crippen LogP contribution in [0.15, 0.2) is 58.3 Å². The van der Waals surface area contributed by atoms with Gasteiger partial charge in [-0.25, -0.2) is 0 Å². The van der Waals surface area contributed by atoms with E-state index < -0.39 is 47.2 Å². The Balaban J connectivity index is 0. The zero-order valence-electron chi connectivity index (χ0n) is 18.4. The van der Waals surface area contributed by atoms with Crippen LogP contribution in [0.25, 0.3) is 10.8 Å². The fraction of sp³-hybridized carbons (Fsp3) is 0. The van der Waals surface area contributed by atoms with Crippen molar-refractivity contribution < 1.29 is 97.8 Å². The van der Waals surface area contributed by atoms with E-state index >= 15 is 0 Å². The number of phenolic OH excluding ortho intramolecular Hbond substituents is 1. The third-order valence-corrected chi connectivity index (χ3v) is 5.73. The summed E-state index contributed by atoms with van der Waals surface area (Å²) in [5, 5.41) is 12.9. The number of aromatic hydroxyl groups is 1. The first-order chi connectivity index (χ1) is 13.4. The van der Waals surface area contributed by atoms with Crippen LogP contribution >= 0.6 is 0 Å². The van der Waals surface area contributed by atoms with E-state index in [9.17, 15) is 31.3 Å². The third kappa shape index (κ3) is 6.20. The van der Waals surface area contributed by atoms with Crippen LogP contribution in [-0.4, -0.2) is 37.0 Å². The first kappa shape index (κ1) is 27.8. The molecule has 0 atom stereocenters. The number of nitrogen functional groups attached to an aromatic ring is 1. The van der Waals surface area contributed by atoms with Gasteiger partial charge in [-0.3, -0.25) is 13.9 Å². The van der Waals surface area contributed by atoms with Crippen LogP contribution in [0.5, 0.6) is 5.75 Å². The third-order valence-electron chi connectivity index (χ3n) is 4.00. The van der Waals surface area contributed by atoms with Crippen molar-refractivity contribution in [2.75, 3.05) is 11.1 Å². The molecule has 0 saturated carbocycles. The topological polar surface area (TPSA) is 184 Å². The van der Waals surface area contributed by atoms with Gasteiger partial charge in [-0.2, -0.15) is 16.8 Å². The molecule has 3 rings (SSSR count). The first-order valence-electron chi connectivity index (χ1n) is 7.79. The van der Waals surface area contributed by atoms with Gasteiger partial charge in [0.05, 0.1) is 16.1 Å². The molecule has 14 heteroatoms. The molecule has 31 heavy (non-hydrogen) atoms. The van der Waals surface area contributed by atoms with Crippen LogP contribution in [0.3, 0.4) is 0 Å². The largest absolute Gasteiger partial charge is 1.00 e. The van der Waals surface area contributed by atoms with Gasteiger partial charge in [-0.15, -0.1) is 0 Å². The molecule has 0 aliphatic carbocycles. The number of fused-ring (bicyclic) bond motifs is 1. The maximum Gasteiger partial charge on any atom is 1.00 e. The number of benzene rings is 3. The van der Waals surface area contributed by atoms with E-state index in [2.05, 4.69) is 5.32 Å². The predicted octanol–water partition coefficient (Wildman–Crippen LogP) is -3.89. The van der Waals surface area contributed by atoms with E-state index in [1.807, 2.05) is 0 Å². The molecule has 3 aromatic rings. The number of anilines is 2. The van der Waals surface area contributed by atoms with Gasteiger partial charge in [-0.1, -0.05) is 12.1 Å². The Bertz CT molecular complexity index is 1390.